The zero-order chi connectivity index (χ0) is 21.8. The number of nitrogens with one attached hydrogen (secondary N) is 1. The molecule has 5 N–H and O–H groups in total. The average Bonchev–Trinajstić information content (AvgIpc) is 3.25. The van der Waals surface area contributed by atoms with Crippen molar-refractivity contribution in [2.75, 3.05) is 43.1 Å². The fourth-order valence-electron chi connectivity index (χ4n) is 3.40. The van der Waals surface area contributed by atoms with Crippen LogP contribution in [0, 0.1) is 6.92 Å². The lowest BCUT2D eigenvalue weighted by molar-refractivity contribution is 0.0999. The fourth-order valence-corrected chi connectivity index (χ4v) is 4.20. The van der Waals surface area contributed by atoms with Crippen LogP contribution in [0.3, 0.4) is 0 Å². The molecule has 162 valence electrons. The summed E-state index contributed by atoms with van der Waals surface area (Å²) in [6.07, 6.45) is 5.48. The molecule has 0 saturated carbocycles. The van der Waals surface area contributed by atoms with Crippen molar-refractivity contribution in [3.8, 4) is 10.4 Å². The molecule has 0 spiro atoms. The number of aromatic nitrogens is 4. The van der Waals surface area contributed by atoms with Gasteiger partial charge in [0.2, 0.25) is 0 Å². The Kier molecular flexibility index (Phi) is 6.35. The molecule has 4 rings (SSSR count). The number of hydrogen-bond acceptors (Lipinski definition) is 10. The highest BCUT2D eigenvalue weighted by Crippen LogP contribution is 2.32. The second-order valence-electron chi connectivity index (χ2n) is 7.05. The van der Waals surface area contributed by atoms with Crippen LogP contribution in [0.4, 0.5) is 16.8 Å². The van der Waals surface area contributed by atoms with E-state index in [0.29, 0.717) is 48.4 Å². The predicted octanol–water partition coefficient (Wildman–Crippen LogP) is 1.48. The maximum absolute atomic E-state index is 11.8. The van der Waals surface area contributed by atoms with E-state index in [0.717, 1.165) is 34.9 Å². The summed E-state index contributed by atoms with van der Waals surface area (Å²) in [7, 11) is 0. The van der Waals surface area contributed by atoms with Crippen LogP contribution in [-0.4, -0.2) is 58.7 Å². The van der Waals surface area contributed by atoms with Crippen molar-refractivity contribution in [1.29, 1.82) is 0 Å². The summed E-state index contributed by atoms with van der Waals surface area (Å²) in [5.41, 5.74) is 13.8. The first-order valence-corrected chi connectivity index (χ1v) is 10.7. The third-order valence-electron chi connectivity index (χ3n) is 5.00. The molecule has 0 aromatic carbocycles. The van der Waals surface area contributed by atoms with Gasteiger partial charge in [0.15, 0.2) is 5.13 Å². The molecule has 0 aliphatic carbocycles. The molecular formula is C20H24N8O2S. The summed E-state index contributed by atoms with van der Waals surface area (Å²) in [6, 6.07) is 1.74. The van der Waals surface area contributed by atoms with E-state index in [-0.39, 0.29) is 0 Å². The van der Waals surface area contributed by atoms with Gasteiger partial charge in [-0.15, -0.1) is 0 Å². The highest BCUT2D eigenvalue weighted by atomic mass is 32.1. The molecule has 4 heterocycles. The molecule has 0 unspecified atom stereocenters. The second kappa shape index (κ2) is 9.33. The van der Waals surface area contributed by atoms with Crippen molar-refractivity contribution in [2.45, 2.75) is 13.3 Å². The number of hydrogen-bond donors (Lipinski definition) is 3. The Labute approximate surface area is 183 Å². The number of thiazole rings is 1. The number of rotatable bonds is 7. The summed E-state index contributed by atoms with van der Waals surface area (Å²) in [5, 5.41) is 3.96. The summed E-state index contributed by atoms with van der Waals surface area (Å²) in [5.74, 6) is 1.07. The molecule has 0 radical (unpaired) electrons. The molecule has 3 aromatic rings. The Bertz CT molecular complexity index is 1080. The number of morpholine rings is 1. The van der Waals surface area contributed by atoms with Crippen LogP contribution in [0.15, 0.2) is 24.8 Å². The zero-order valence-electron chi connectivity index (χ0n) is 17.2. The Hall–Kier alpha value is -3.15. The highest BCUT2D eigenvalue weighted by molar-refractivity contribution is 7.18. The smallest absolute Gasteiger partial charge is 0.250 e. The second-order valence-corrected chi connectivity index (χ2v) is 8.08. The summed E-state index contributed by atoms with van der Waals surface area (Å²) in [6.45, 7) is 5.36. The van der Waals surface area contributed by atoms with E-state index in [1.54, 1.807) is 24.8 Å². The van der Waals surface area contributed by atoms with E-state index in [1.807, 2.05) is 6.92 Å². The maximum atomic E-state index is 11.8. The molecule has 31 heavy (non-hydrogen) atoms. The average molecular weight is 441 g/mol. The summed E-state index contributed by atoms with van der Waals surface area (Å²) in [4.78, 5) is 32.5. The van der Waals surface area contributed by atoms with Gasteiger partial charge in [0, 0.05) is 43.0 Å². The molecule has 10 nitrogen and oxygen atoms in total. The van der Waals surface area contributed by atoms with Crippen molar-refractivity contribution in [1.82, 2.24) is 19.9 Å². The molecule has 1 fully saturated rings. The van der Waals surface area contributed by atoms with Crippen molar-refractivity contribution >= 4 is 34.0 Å². The quantitative estimate of drug-likeness (QED) is 0.497. The first-order chi connectivity index (χ1) is 15.1. The van der Waals surface area contributed by atoms with Gasteiger partial charge >= 0.3 is 0 Å². The number of pyridine rings is 1. The van der Waals surface area contributed by atoms with Crippen LogP contribution < -0.4 is 21.7 Å². The standard InChI is InChI=1S/C20H24N8O2S/c1-12-18(25-11-26-19(12)28-4-6-30-7-5-28)27-20-24-10-16(31-20)13-8-14(17(22)29)15(2-3-21)23-9-13/h8-11H,2-7,21H2,1H3,(H2,22,29)(H,24,25,26,27). The molecule has 1 aliphatic heterocycles. The van der Waals surface area contributed by atoms with Gasteiger partial charge < -0.3 is 26.4 Å². The number of anilines is 3. The number of carbonyl (C=O) groups is 1. The van der Waals surface area contributed by atoms with Crippen molar-refractivity contribution in [3.63, 3.8) is 0 Å². The third-order valence-corrected chi connectivity index (χ3v) is 5.96. The number of amides is 1. The van der Waals surface area contributed by atoms with E-state index in [1.165, 1.54) is 11.3 Å². The Morgan fingerprint density at radius 3 is 2.77 bits per heavy atom. The normalized spacial score (nSPS) is 13.9. The van der Waals surface area contributed by atoms with Gasteiger partial charge in [0.1, 0.15) is 18.0 Å². The van der Waals surface area contributed by atoms with E-state index in [9.17, 15) is 4.79 Å². The van der Waals surface area contributed by atoms with Gasteiger partial charge in [0.25, 0.3) is 5.91 Å². The first-order valence-electron chi connectivity index (χ1n) is 9.93. The van der Waals surface area contributed by atoms with Gasteiger partial charge in [-0.2, -0.15) is 0 Å². The molecule has 1 aliphatic rings. The predicted molar refractivity (Wildman–Crippen MR) is 120 cm³/mol. The number of carbonyl (C=O) groups excluding carboxylic acids is 1. The molecule has 11 heteroatoms. The SMILES string of the molecule is Cc1c(Nc2ncc(-c3cnc(CCN)c(C(N)=O)c3)s2)ncnc1N1CCOCC1. The van der Waals surface area contributed by atoms with Crippen molar-refractivity contribution in [2.24, 2.45) is 11.5 Å². The number of ether oxygens (including phenoxy) is 1. The van der Waals surface area contributed by atoms with Gasteiger partial charge in [-0.1, -0.05) is 11.3 Å². The lowest BCUT2D eigenvalue weighted by Gasteiger charge is -2.29. The van der Waals surface area contributed by atoms with Gasteiger partial charge in [-0.25, -0.2) is 15.0 Å². The largest absolute Gasteiger partial charge is 0.378 e. The molecule has 0 atom stereocenters. The lowest BCUT2D eigenvalue weighted by atomic mass is 10.1. The van der Waals surface area contributed by atoms with Crippen LogP contribution in [0.2, 0.25) is 0 Å². The van der Waals surface area contributed by atoms with E-state index >= 15 is 0 Å². The van der Waals surface area contributed by atoms with Crippen molar-refractivity contribution < 1.29 is 9.53 Å². The molecule has 1 saturated heterocycles. The highest BCUT2D eigenvalue weighted by Gasteiger charge is 2.18. The number of primary amides is 1. The topological polar surface area (TPSA) is 145 Å². The van der Waals surface area contributed by atoms with Crippen molar-refractivity contribution in [3.05, 3.63) is 41.6 Å². The Balaban J connectivity index is 1.56. The van der Waals surface area contributed by atoms with Crippen LogP contribution in [0.5, 0.6) is 0 Å². The Morgan fingerprint density at radius 1 is 1.23 bits per heavy atom. The maximum Gasteiger partial charge on any atom is 0.250 e. The van der Waals surface area contributed by atoms with Gasteiger partial charge in [-0.05, 0) is 19.5 Å². The van der Waals surface area contributed by atoms with Gasteiger partial charge in [-0.3, -0.25) is 9.78 Å². The van der Waals surface area contributed by atoms with E-state index in [2.05, 4.69) is 30.2 Å². The monoisotopic (exact) mass is 440 g/mol. The first kappa shape index (κ1) is 21.1. The minimum Gasteiger partial charge on any atom is -0.378 e. The third kappa shape index (κ3) is 4.63. The molecule has 0 bridgehead atoms. The zero-order valence-corrected chi connectivity index (χ0v) is 18.0. The summed E-state index contributed by atoms with van der Waals surface area (Å²) >= 11 is 1.44. The minimum atomic E-state index is -0.520. The van der Waals surface area contributed by atoms with Crippen LogP contribution in [-0.2, 0) is 11.2 Å². The van der Waals surface area contributed by atoms with Crippen LogP contribution >= 0.6 is 11.3 Å². The molecule has 3 aromatic heterocycles. The molecule has 1 amide bonds. The number of nitrogens with two attached hydrogens (primary N) is 2. The Morgan fingerprint density at radius 2 is 2.03 bits per heavy atom. The lowest BCUT2D eigenvalue weighted by Crippen LogP contribution is -2.37. The molecular weight excluding hydrogens is 416 g/mol. The van der Waals surface area contributed by atoms with E-state index < -0.39 is 5.91 Å². The van der Waals surface area contributed by atoms with Gasteiger partial charge in [0.05, 0.1) is 29.3 Å². The summed E-state index contributed by atoms with van der Waals surface area (Å²) < 4.78 is 5.43. The van der Waals surface area contributed by atoms with E-state index in [4.69, 9.17) is 16.2 Å². The number of nitrogens with zero attached hydrogens (tertiary/aromatic N) is 5. The fraction of sp³-hybridized carbons (Fsp3) is 0.350. The van der Waals surface area contributed by atoms with Crippen LogP contribution in [0.25, 0.3) is 10.4 Å². The minimum absolute atomic E-state index is 0.382. The van der Waals surface area contributed by atoms with Crippen LogP contribution in [0.1, 0.15) is 21.6 Å².